The maximum atomic E-state index is 13.8. The molecule has 0 aliphatic heterocycles. The average Bonchev–Trinajstić information content (AvgIpc) is 3.01. The highest BCUT2D eigenvalue weighted by Gasteiger charge is 2.12. The normalized spacial score (nSPS) is 11.2. The number of pyridine rings is 1. The molecule has 0 radical (unpaired) electrons. The van der Waals surface area contributed by atoms with Crippen LogP contribution in [-0.2, 0) is 6.54 Å². The predicted octanol–water partition coefficient (Wildman–Crippen LogP) is 4.59. The first-order valence-corrected chi connectivity index (χ1v) is 8.21. The molecule has 25 heavy (non-hydrogen) atoms. The molecule has 0 aliphatic carbocycles. The first-order chi connectivity index (χ1) is 12.1. The first kappa shape index (κ1) is 15.5. The number of nitrogens with zero attached hydrogens (tertiary/aromatic N) is 2. The number of fused-ring (bicyclic) bond motifs is 1. The zero-order valence-electron chi connectivity index (χ0n) is 14.2. The summed E-state index contributed by atoms with van der Waals surface area (Å²) in [6, 6.07) is 14.7. The van der Waals surface area contributed by atoms with Gasteiger partial charge in [0.05, 0.1) is 5.56 Å². The average molecular weight is 333 g/mol. The molecule has 4 aromatic rings. The highest BCUT2D eigenvalue weighted by Crippen LogP contribution is 2.25. The summed E-state index contributed by atoms with van der Waals surface area (Å²) < 4.78 is 21.6. The van der Waals surface area contributed by atoms with Crippen LogP contribution in [0.4, 0.5) is 4.39 Å². The maximum Gasteiger partial charge on any atom is 0.227 e. The molecule has 4 rings (SSSR count). The highest BCUT2D eigenvalue weighted by atomic mass is 19.1. The molecule has 124 valence electrons. The number of aryl methyl sites for hydroxylation is 2. The van der Waals surface area contributed by atoms with Gasteiger partial charge in [0.2, 0.25) is 5.89 Å². The number of aromatic nitrogens is 2. The molecule has 0 N–H and O–H groups in total. The highest BCUT2D eigenvalue weighted by molar-refractivity contribution is 5.77. The van der Waals surface area contributed by atoms with Crippen molar-refractivity contribution in [1.82, 2.24) is 4.98 Å². The molecule has 0 atom stereocenters. The van der Waals surface area contributed by atoms with Crippen LogP contribution < -0.4 is 4.57 Å². The third-order valence-corrected chi connectivity index (χ3v) is 4.45. The molecule has 2 heterocycles. The Morgan fingerprint density at radius 3 is 2.48 bits per heavy atom. The Morgan fingerprint density at radius 1 is 1.00 bits per heavy atom. The van der Waals surface area contributed by atoms with Gasteiger partial charge >= 0.3 is 0 Å². The Hall–Kier alpha value is -3.01. The summed E-state index contributed by atoms with van der Waals surface area (Å²) in [4.78, 5) is 4.58. The second kappa shape index (κ2) is 6.13. The van der Waals surface area contributed by atoms with Crippen molar-refractivity contribution in [3.05, 3.63) is 83.4 Å². The van der Waals surface area contributed by atoms with Crippen molar-refractivity contribution in [3.8, 4) is 11.5 Å². The summed E-state index contributed by atoms with van der Waals surface area (Å²) in [6.07, 6.45) is 3.82. The van der Waals surface area contributed by atoms with Gasteiger partial charge in [-0.2, -0.15) is 0 Å². The zero-order chi connectivity index (χ0) is 17.4. The monoisotopic (exact) mass is 333 g/mol. The minimum absolute atomic E-state index is 0.191. The van der Waals surface area contributed by atoms with Crippen LogP contribution in [0, 0.1) is 19.7 Å². The van der Waals surface area contributed by atoms with Gasteiger partial charge in [-0.25, -0.2) is 13.9 Å². The molecule has 0 spiro atoms. The fourth-order valence-electron chi connectivity index (χ4n) is 2.83. The van der Waals surface area contributed by atoms with Crippen molar-refractivity contribution in [2.24, 2.45) is 0 Å². The predicted molar refractivity (Wildman–Crippen MR) is 94.6 cm³/mol. The Balaban J connectivity index is 1.63. The fraction of sp³-hybridized carbons (Fsp3) is 0.143. The van der Waals surface area contributed by atoms with E-state index in [2.05, 4.69) is 18.8 Å². The largest absolute Gasteiger partial charge is 0.436 e. The van der Waals surface area contributed by atoms with E-state index in [1.807, 2.05) is 47.3 Å². The van der Waals surface area contributed by atoms with Gasteiger partial charge in [-0.1, -0.05) is 12.1 Å². The molecule has 2 aromatic carbocycles. The summed E-state index contributed by atoms with van der Waals surface area (Å²) in [5.74, 6) is 0.404. The van der Waals surface area contributed by atoms with Gasteiger partial charge in [0.15, 0.2) is 24.5 Å². The van der Waals surface area contributed by atoms with Gasteiger partial charge < -0.3 is 4.42 Å². The van der Waals surface area contributed by atoms with Gasteiger partial charge in [0.1, 0.15) is 11.3 Å². The van der Waals surface area contributed by atoms with Crippen LogP contribution in [0.3, 0.4) is 0 Å². The van der Waals surface area contributed by atoms with Crippen LogP contribution in [0.5, 0.6) is 0 Å². The van der Waals surface area contributed by atoms with E-state index < -0.39 is 0 Å². The van der Waals surface area contributed by atoms with Crippen LogP contribution in [0.2, 0.25) is 0 Å². The summed E-state index contributed by atoms with van der Waals surface area (Å²) in [5.41, 5.74) is 5.60. The molecule has 3 nitrogen and oxygen atoms in total. The first-order valence-electron chi connectivity index (χ1n) is 8.21. The number of hydrogen-bond acceptors (Lipinski definition) is 2. The van der Waals surface area contributed by atoms with E-state index in [4.69, 9.17) is 4.42 Å². The lowest BCUT2D eigenvalue weighted by Crippen LogP contribution is -2.33. The van der Waals surface area contributed by atoms with E-state index in [1.54, 1.807) is 12.1 Å². The summed E-state index contributed by atoms with van der Waals surface area (Å²) >= 11 is 0. The zero-order valence-corrected chi connectivity index (χ0v) is 14.2. The van der Waals surface area contributed by atoms with Crippen LogP contribution in [0.15, 0.2) is 65.3 Å². The quantitative estimate of drug-likeness (QED) is 0.513. The van der Waals surface area contributed by atoms with Crippen molar-refractivity contribution in [2.75, 3.05) is 0 Å². The molecular formula is C21H18FN2O+. The number of hydrogen-bond donors (Lipinski definition) is 0. The van der Waals surface area contributed by atoms with E-state index >= 15 is 0 Å². The molecule has 0 saturated heterocycles. The molecule has 0 bridgehead atoms. The van der Waals surface area contributed by atoms with Crippen LogP contribution in [0.1, 0.15) is 16.7 Å². The summed E-state index contributed by atoms with van der Waals surface area (Å²) in [7, 11) is 0. The molecule has 0 fully saturated rings. The van der Waals surface area contributed by atoms with Crippen molar-refractivity contribution in [3.63, 3.8) is 0 Å². The lowest BCUT2D eigenvalue weighted by Gasteiger charge is -2.00. The van der Waals surface area contributed by atoms with Crippen molar-refractivity contribution in [1.29, 1.82) is 0 Å². The molecular weight excluding hydrogens is 315 g/mol. The van der Waals surface area contributed by atoms with Crippen LogP contribution >= 0.6 is 0 Å². The van der Waals surface area contributed by atoms with Crippen molar-refractivity contribution in [2.45, 2.75) is 20.4 Å². The molecule has 0 aliphatic rings. The van der Waals surface area contributed by atoms with Crippen LogP contribution in [0.25, 0.3) is 22.6 Å². The molecule has 0 saturated carbocycles. The van der Waals surface area contributed by atoms with Gasteiger partial charge in [0, 0.05) is 17.7 Å². The van der Waals surface area contributed by atoms with Crippen molar-refractivity contribution >= 4 is 11.1 Å². The SMILES string of the molecule is Cc1cc2nc(-c3cc[n+](Cc4ccccc4F)cc3)oc2cc1C. The summed E-state index contributed by atoms with van der Waals surface area (Å²) in [5, 5.41) is 0. The van der Waals surface area contributed by atoms with E-state index in [-0.39, 0.29) is 5.82 Å². The lowest BCUT2D eigenvalue weighted by molar-refractivity contribution is -0.688. The van der Waals surface area contributed by atoms with Gasteiger partial charge in [-0.15, -0.1) is 0 Å². The van der Waals surface area contributed by atoms with Crippen molar-refractivity contribution < 1.29 is 13.4 Å². The number of halogens is 1. The molecule has 2 aromatic heterocycles. The fourth-order valence-corrected chi connectivity index (χ4v) is 2.83. The minimum atomic E-state index is -0.191. The smallest absolute Gasteiger partial charge is 0.227 e. The second-order valence-corrected chi connectivity index (χ2v) is 6.27. The van der Waals surface area contributed by atoms with Gasteiger partial charge in [-0.3, -0.25) is 0 Å². The lowest BCUT2D eigenvalue weighted by atomic mass is 10.1. The Bertz CT molecular complexity index is 1010. The van der Waals surface area contributed by atoms with Gasteiger partial charge in [0.25, 0.3) is 0 Å². The molecule has 0 unspecified atom stereocenters. The second-order valence-electron chi connectivity index (χ2n) is 6.27. The van der Waals surface area contributed by atoms with E-state index in [1.165, 1.54) is 17.2 Å². The topological polar surface area (TPSA) is 29.9 Å². The maximum absolute atomic E-state index is 13.8. The van der Waals surface area contributed by atoms with Crippen LogP contribution in [-0.4, -0.2) is 4.98 Å². The molecule has 0 amide bonds. The van der Waals surface area contributed by atoms with E-state index in [0.717, 1.165) is 16.7 Å². The number of benzene rings is 2. The van der Waals surface area contributed by atoms with E-state index in [9.17, 15) is 4.39 Å². The third-order valence-electron chi connectivity index (χ3n) is 4.45. The van der Waals surface area contributed by atoms with Gasteiger partial charge in [-0.05, 0) is 49.2 Å². The Kier molecular flexibility index (Phi) is 3.80. The number of rotatable bonds is 3. The molecule has 4 heteroatoms. The summed E-state index contributed by atoms with van der Waals surface area (Å²) in [6.45, 7) is 4.61. The van der Waals surface area contributed by atoms with E-state index in [0.29, 0.717) is 18.0 Å². The minimum Gasteiger partial charge on any atom is -0.436 e. The number of oxazole rings is 1. The Morgan fingerprint density at radius 2 is 1.72 bits per heavy atom. The standard InChI is InChI=1S/C21H18FN2O/c1-14-11-19-20(12-15(14)2)25-21(23-19)16-7-9-24(10-8-16)13-17-5-3-4-6-18(17)22/h3-12H,13H2,1-2H3/q+1. The third kappa shape index (κ3) is 3.03. The Labute approximate surface area is 145 Å².